The van der Waals surface area contributed by atoms with Gasteiger partial charge in [0, 0.05) is 0 Å². The maximum absolute atomic E-state index is 13.2. The molecule has 2 aliphatic rings. The number of carbonyl (C=O) groups is 3. The first-order chi connectivity index (χ1) is 15.8. The summed E-state index contributed by atoms with van der Waals surface area (Å²) in [6.07, 6.45) is 3.25. The summed E-state index contributed by atoms with van der Waals surface area (Å²) in [6, 6.07) is 4.66. The molecule has 1 spiro atoms. The molecule has 0 radical (unpaired) electrons. The van der Waals surface area contributed by atoms with Crippen molar-refractivity contribution in [2.45, 2.75) is 64.7 Å². The van der Waals surface area contributed by atoms with E-state index in [-0.39, 0.29) is 36.8 Å². The molecule has 1 aromatic heterocycles. The van der Waals surface area contributed by atoms with Crippen molar-refractivity contribution in [1.82, 2.24) is 30.9 Å². The Morgan fingerprint density at radius 2 is 2.03 bits per heavy atom. The predicted octanol–water partition coefficient (Wildman–Crippen LogP) is 1.09. The van der Waals surface area contributed by atoms with Crippen molar-refractivity contribution in [3.8, 4) is 5.75 Å². The molecule has 1 fully saturated rings. The van der Waals surface area contributed by atoms with Crippen molar-refractivity contribution in [2.75, 3.05) is 6.61 Å². The number of aryl methyl sites for hydroxylation is 1. The molecule has 2 heterocycles. The van der Waals surface area contributed by atoms with Gasteiger partial charge in [0.1, 0.15) is 29.6 Å². The van der Waals surface area contributed by atoms with E-state index in [0.717, 1.165) is 5.56 Å². The Balaban J connectivity index is 1.63. The first kappa shape index (κ1) is 22.8. The lowest BCUT2D eigenvalue weighted by Gasteiger charge is -2.24. The average molecular weight is 455 g/mol. The first-order valence-corrected chi connectivity index (χ1v) is 11.3. The molecule has 1 aliphatic heterocycles. The average Bonchev–Trinajstić information content (AvgIpc) is 3.41. The van der Waals surface area contributed by atoms with Crippen molar-refractivity contribution < 1.29 is 19.1 Å². The van der Waals surface area contributed by atoms with Gasteiger partial charge >= 0.3 is 0 Å². The van der Waals surface area contributed by atoms with Crippen molar-refractivity contribution in [3.05, 3.63) is 41.2 Å². The smallest absolute Gasteiger partial charge is 0.255 e. The van der Waals surface area contributed by atoms with Gasteiger partial charge in [0.2, 0.25) is 11.8 Å². The number of fused-ring (bicyclic) bond motifs is 3. The van der Waals surface area contributed by atoms with Crippen LogP contribution in [0.3, 0.4) is 0 Å². The van der Waals surface area contributed by atoms with Crippen LogP contribution in [0.5, 0.6) is 5.75 Å². The standard InChI is InChI=1S/C23H30N6O4/c1-14(2)10-18-21(31)24-12-16-13-29(28-27-16)8-9-33-19-5-4-15(3)11-17(19)20(30)26-23(6-7-23)22(32)25-18/h4-5,11,13-14,18H,6-10,12H2,1-3H3,(H,24,31)(H,25,32)(H,26,30)/t18-/m1/s1. The molecule has 0 saturated heterocycles. The molecule has 0 unspecified atom stereocenters. The number of rotatable bonds is 2. The molecule has 1 aromatic carbocycles. The Labute approximate surface area is 192 Å². The van der Waals surface area contributed by atoms with E-state index in [9.17, 15) is 14.4 Å². The van der Waals surface area contributed by atoms with Crippen LogP contribution in [0.1, 0.15) is 54.7 Å². The number of benzene rings is 1. The van der Waals surface area contributed by atoms with Gasteiger partial charge in [-0.3, -0.25) is 14.4 Å². The lowest BCUT2D eigenvalue weighted by Crippen LogP contribution is -2.55. The Morgan fingerprint density at radius 1 is 1.24 bits per heavy atom. The van der Waals surface area contributed by atoms with E-state index in [0.29, 0.717) is 42.8 Å². The quantitative estimate of drug-likeness (QED) is 0.623. The number of nitrogens with one attached hydrogen (secondary N) is 3. The molecule has 176 valence electrons. The second-order valence-corrected chi connectivity index (χ2v) is 9.23. The zero-order chi connectivity index (χ0) is 23.6. The van der Waals surface area contributed by atoms with Crippen molar-refractivity contribution in [1.29, 1.82) is 0 Å². The third kappa shape index (κ3) is 5.32. The number of nitrogens with zero attached hydrogens (tertiary/aromatic N) is 3. The van der Waals surface area contributed by atoms with Crippen molar-refractivity contribution in [3.63, 3.8) is 0 Å². The molecule has 3 amide bonds. The number of amides is 3. The predicted molar refractivity (Wildman–Crippen MR) is 119 cm³/mol. The highest BCUT2D eigenvalue weighted by Gasteiger charge is 2.52. The third-order valence-electron chi connectivity index (χ3n) is 5.85. The summed E-state index contributed by atoms with van der Waals surface area (Å²) in [6.45, 7) is 6.77. The van der Waals surface area contributed by atoms with E-state index in [4.69, 9.17) is 4.74 Å². The van der Waals surface area contributed by atoms with Gasteiger partial charge in [0.05, 0.1) is 24.8 Å². The Bertz CT molecular complexity index is 1060. The van der Waals surface area contributed by atoms with Crippen LogP contribution in [0.15, 0.2) is 24.4 Å². The van der Waals surface area contributed by atoms with Gasteiger partial charge in [-0.1, -0.05) is 30.7 Å². The highest BCUT2D eigenvalue weighted by molar-refractivity contribution is 6.03. The minimum atomic E-state index is -1.01. The van der Waals surface area contributed by atoms with E-state index < -0.39 is 11.6 Å². The van der Waals surface area contributed by atoms with Gasteiger partial charge in [-0.05, 0) is 44.2 Å². The Kier molecular flexibility index (Phi) is 6.35. The van der Waals surface area contributed by atoms with Crippen LogP contribution in [-0.4, -0.2) is 50.9 Å². The van der Waals surface area contributed by atoms with E-state index in [2.05, 4.69) is 26.3 Å². The molecule has 3 N–H and O–H groups in total. The van der Waals surface area contributed by atoms with Gasteiger partial charge in [0.25, 0.3) is 5.91 Å². The summed E-state index contributed by atoms with van der Waals surface area (Å²) in [5.74, 6) is -0.385. The summed E-state index contributed by atoms with van der Waals surface area (Å²) >= 11 is 0. The van der Waals surface area contributed by atoms with Gasteiger partial charge in [-0.15, -0.1) is 5.10 Å². The largest absolute Gasteiger partial charge is 0.491 e. The molecule has 33 heavy (non-hydrogen) atoms. The maximum atomic E-state index is 13.2. The molecular formula is C23H30N6O4. The molecule has 2 aromatic rings. The third-order valence-corrected chi connectivity index (χ3v) is 5.85. The van der Waals surface area contributed by atoms with E-state index in [1.807, 2.05) is 26.8 Å². The Morgan fingerprint density at radius 3 is 2.76 bits per heavy atom. The molecule has 1 saturated carbocycles. The molecule has 10 nitrogen and oxygen atoms in total. The highest BCUT2D eigenvalue weighted by atomic mass is 16.5. The molecule has 10 heteroatoms. The molecule has 2 bridgehead atoms. The summed E-state index contributed by atoms with van der Waals surface area (Å²) in [7, 11) is 0. The molecule has 4 rings (SSSR count). The van der Waals surface area contributed by atoms with Gasteiger partial charge in [0.15, 0.2) is 0 Å². The fourth-order valence-electron chi connectivity index (χ4n) is 3.84. The summed E-state index contributed by atoms with van der Waals surface area (Å²) < 4.78 is 7.50. The first-order valence-electron chi connectivity index (χ1n) is 11.3. The fraction of sp³-hybridized carbons (Fsp3) is 0.522. The summed E-state index contributed by atoms with van der Waals surface area (Å²) in [4.78, 5) is 39.2. The number of carbonyl (C=O) groups excluding carboxylic acids is 3. The lowest BCUT2D eigenvalue weighted by atomic mass is 10.0. The van der Waals surface area contributed by atoms with E-state index in [1.165, 1.54) is 0 Å². The number of ether oxygens (including phenoxy) is 1. The second-order valence-electron chi connectivity index (χ2n) is 9.23. The van der Waals surface area contributed by atoms with Gasteiger partial charge in [-0.25, -0.2) is 4.68 Å². The van der Waals surface area contributed by atoms with Crippen LogP contribution in [-0.2, 0) is 22.7 Å². The Hall–Kier alpha value is -3.43. The maximum Gasteiger partial charge on any atom is 0.255 e. The minimum Gasteiger partial charge on any atom is -0.491 e. The molecular weight excluding hydrogens is 424 g/mol. The topological polar surface area (TPSA) is 127 Å². The van der Waals surface area contributed by atoms with Crippen molar-refractivity contribution >= 4 is 17.7 Å². The zero-order valence-corrected chi connectivity index (χ0v) is 19.2. The highest BCUT2D eigenvalue weighted by Crippen LogP contribution is 2.37. The zero-order valence-electron chi connectivity index (χ0n) is 19.2. The lowest BCUT2D eigenvalue weighted by molar-refractivity contribution is -0.130. The second kappa shape index (κ2) is 9.21. The summed E-state index contributed by atoms with van der Waals surface area (Å²) in [5, 5.41) is 16.7. The molecule has 1 atom stereocenters. The SMILES string of the molecule is Cc1ccc2c(c1)C(=O)NC1(CC1)C(=O)N[C@H](CC(C)C)C(=O)NCc1cn(nn1)CCO2. The van der Waals surface area contributed by atoms with E-state index in [1.54, 1.807) is 23.0 Å². The number of hydrogen-bond acceptors (Lipinski definition) is 6. The van der Waals surface area contributed by atoms with Crippen LogP contribution in [0, 0.1) is 12.8 Å². The number of hydrogen-bond donors (Lipinski definition) is 3. The summed E-state index contributed by atoms with van der Waals surface area (Å²) in [5.41, 5.74) is 0.869. The molecule has 1 aliphatic carbocycles. The van der Waals surface area contributed by atoms with Crippen LogP contribution in [0.2, 0.25) is 0 Å². The minimum absolute atomic E-state index is 0.188. The monoisotopic (exact) mass is 454 g/mol. The van der Waals surface area contributed by atoms with Crippen LogP contribution < -0.4 is 20.7 Å². The number of aromatic nitrogens is 3. The van der Waals surface area contributed by atoms with Crippen LogP contribution in [0.25, 0.3) is 0 Å². The van der Waals surface area contributed by atoms with Gasteiger partial charge in [-0.2, -0.15) is 0 Å². The van der Waals surface area contributed by atoms with Crippen molar-refractivity contribution in [2.24, 2.45) is 5.92 Å². The van der Waals surface area contributed by atoms with E-state index >= 15 is 0 Å². The van der Waals surface area contributed by atoms with Gasteiger partial charge < -0.3 is 20.7 Å². The van der Waals surface area contributed by atoms with Crippen LogP contribution in [0.4, 0.5) is 0 Å². The normalized spacial score (nSPS) is 20.8. The van der Waals surface area contributed by atoms with Crippen LogP contribution >= 0.6 is 0 Å². The fourth-order valence-corrected chi connectivity index (χ4v) is 3.84.